The molecule has 5 nitrogen and oxygen atoms in total. The summed E-state index contributed by atoms with van der Waals surface area (Å²) in [5, 5.41) is 6.58. The topological polar surface area (TPSA) is 58.4 Å². The minimum atomic E-state index is 0.0165. The molecule has 0 aliphatic heterocycles. The number of hydrogen-bond acceptors (Lipinski definition) is 3. The Morgan fingerprint density at radius 2 is 1.88 bits per heavy atom. The van der Waals surface area contributed by atoms with E-state index in [-0.39, 0.29) is 5.56 Å². The highest BCUT2D eigenvalue weighted by Crippen LogP contribution is 2.07. The Balaban J connectivity index is 1.95. The third kappa shape index (κ3) is 6.66. The van der Waals surface area contributed by atoms with Crippen molar-refractivity contribution in [2.75, 3.05) is 25.1 Å². The third-order valence-corrected chi connectivity index (χ3v) is 4.25. The largest absolute Gasteiger partial charge is 0.357 e. The van der Waals surface area contributed by atoms with Crippen LogP contribution in [0.25, 0.3) is 0 Å². The third-order valence-electron chi connectivity index (χ3n) is 3.64. The molecule has 1 heterocycles. The quantitative estimate of drug-likeness (QED) is 0.432. The van der Waals surface area contributed by atoms with Gasteiger partial charge in [0.05, 0.1) is 13.1 Å². The van der Waals surface area contributed by atoms with Crippen molar-refractivity contribution in [3.8, 4) is 0 Å². The van der Waals surface area contributed by atoms with Gasteiger partial charge in [-0.2, -0.15) is 11.8 Å². The molecular formula is C19H26N4OS. The Morgan fingerprint density at radius 3 is 2.56 bits per heavy atom. The number of benzene rings is 1. The second-order valence-electron chi connectivity index (χ2n) is 5.60. The van der Waals surface area contributed by atoms with Crippen LogP contribution in [0.15, 0.2) is 58.4 Å². The molecule has 0 aliphatic rings. The van der Waals surface area contributed by atoms with E-state index in [9.17, 15) is 4.79 Å². The fourth-order valence-electron chi connectivity index (χ4n) is 2.32. The van der Waals surface area contributed by atoms with E-state index in [1.165, 1.54) is 0 Å². The molecule has 0 radical (unpaired) electrons. The summed E-state index contributed by atoms with van der Waals surface area (Å²) in [6, 6.07) is 13.5. The van der Waals surface area contributed by atoms with Crippen molar-refractivity contribution in [3.63, 3.8) is 0 Å². The minimum Gasteiger partial charge on any atom is -0.357 e. The molecule has 0 atom stereocenters. The van der Waals surface area contributed by atoms with Crippen molar-refractivity contribution in [2.45, 2.75) is 20.0 Å². The number of aromatic nitrogens is 1. The van der Waals surface area contributed by atoms with E-state index in [4.69, 9.17) is 0 Å². The lowest BCUT2D eigenvalue weighted by Crippen LogP contribution is -2.38. The monoisotopic (exact) mass is 358 g/mol. The van der Waals surface area contributed by atoms with Gasteiger partial charge in [-0.1, -0.05) is 30.3 Å². The second kappa shape index (κ2) is 10.6. The molecule has 134 valence electrons. The number of guanidine groups is 1. The molecule has 0 aliphatic carbocycles. The van der Waals surface area contributed by atoms with Crippen molar-refractivity contribution in [2.24, 2.45) is 4.99 Å². The van der Waals surface area contributed by atoms with Gasteiger partial charge >= 0.3 is 0 Å². The molecule has 25 heavy (non-hydrogen) atoms. The molecule has 0 saturated carbocycles. The summed E-state index contributed by atoms with van der Waals surface area (Å²) >= 11 is 1.81. The molecule has 0 spiro atoms. The number of hydrogen-bond donors (Lipinski definition) is 2. The van der Waals surface area contributed by atoms with E-state index in [1.54, 1.807) is 16.7 Å². The Morgan fingerprint density at radius 1 is 1.12 bits per heavy atom. The molecule has 0 amide bonds. The fraction of sp³-hybridized carbons (Fsp3) is 0.368. The highest BCUT2D eigenvalue weighted by molar-refractivity contribution is 7.98. The SMILES string of the molecule is CCNC(=NCc1ccc(Cn2ccccc2=O)cc1)NCCSC. The summed E-state index contributed by atoms with van der Waals surface area (Å²) in [5.74, 6) is 1.90. The first-order valence-electron chi connectivity index (χ1n) is 8.47. The Bertz CT molecular complexity index is 725. The van der Waals surface area contributed by atoms with Crippen LogP contribution in [0, 0.1) is 0 Å². The van der Waals surface area contributed by atoms with Gasteiger partial charge in [0.25, 0.3) is 5.56 Å². The zero-order chi connectivity index (χ0) is 17.9. The zero-order valence-corrected chi connectivity index (χ0v) is 15.7. The van der Waals surface area contributed by atoms with Crippen molar-refractivity contribution >= 4 is 17.7 Å². The van der Waals surface area contributed by atoms with Gasteiger partial charge in [0.15, 0.2) is 5.96 Å². The van der Waals surface area contributed by atoms with E-state index in [2.05, 4.69) is 53.1 Å². The van der Waals surface area contributed by atoms with Crippen LogP contribution in [0.3, 0.4) is 0 Å². The fourth-order valence-corrected chi connectivity index (χ4v) is 2.63. The summed E-state index contributed by atoms with van der Waals surface area (Å²) in [5.41, 5.74) is 2.26. The lowest BCUT2D eigenvalue weighted by molar-refractivity contribution is 0.759. The van der Waals surface area contributed by atoms with Crippen molar-refractivity contribution in [1.29, 1.82) is 0 Å². The summed E-state index contributed by atoms with van der Waals surface area (Å²) in [6.07, 6.45) is 3.90. The van der Waals surface area contributed by atoms with Gasteiger partial charge in [0.1, 0.15) is 0 Å². The Labute approximate surface area is 153 Å². The second-order valence-corrected chi connectivity index (χ2v) is 6.58. The van der Waals surface area contributed by atoms with E-state index >= 15 is 0 Å². The first kappa shape index (κ1) is 19.1. The molecule has 2 rings (SSSR count). The molecule has 2 aromatic rings. The highest BCUT2D eigenvalue weighted by Gasteiger charge is 2.00. The van der Waals surface area contributed by atoms with Crippen molar-refractivity contribution < 1.29 is 0 Å². The number of thioether (sulfide) groups is 1. The molecular weight excluding hydrogens is 332 g/mol. The number of nitrogens with zero attached hydrogens (tertiary/aromatic N) is 2. The van der Waals surface area contributed by atoms with E-state index in [0.29, 0.717) is 13.1 Å². The summed E-state index contributed by atoms with van der Waals surface area (Å²) in [7, 11) is 0. The van der Waals surface area contributed by atoms with E-state index < -0.39 is 0 Å². The van der Waals surface area contributed by atoms with Gasteiger partial charge in [-0.15, -0.1) is 0 Å². The minimum absolute atomic E-state index is 0.0165. The van der Waals surface area contributed by atoms with Gasteiger partial charge < -0.3 is 15.2 Å². The summed E-state index contributed by atoms with van der Waals surface area (Å²) < 4.78 is 1.70. The van der Waals surface area contributed by atoms with Gasteiger partial charge in [-0.3, -0.25) is 4.79 Å². The lowest BCUT2D eigenvalue weighted by Gasteiger charge is -2.11. The van der Waals surface area contributed by atoms with Crippen LogP contribution in [0.4, 0.5) is 0 Å². The average molecular weight is 359 g/mol. The smallest absolute Gasteiger partial charge is 0.250 e. The van der Waals surface area contributed by atoms with Gasteiger partial charge in [0.2, 0.25) is 0 Å². The number of rotatable bonds is 8. The molecule has 1 aromatic carbocycles. The molecule has 2 N–H and O–H groups in total. The Kier molecular flexibility index (Phi) is 8.12. The van der Waals surface area contributed by atoms with Crippen LogP contribution in [-0.2, 0) is 13.1 Å². The molecule has 0 unspecified atom stereocenters. The first-order chi connectivity index (χ1) is 12.2. The maximum Gasteiger partial charge on any atom is 0.250 e. The summed E-state index contributed by atoms with van der Waals surface area (Å²) in [4.78, 5) is 16.4. The molecule has 0 saturated heterocycles. The van der Waals surface area contributed by atoms with Gasteiger partial charge in [0, 0.05) is 31.1 Å². The van der Waals surface area contributed by atoms with Crippen LogP contribution < -0.4 is 16.2 Å². The Hall–Kier alpha value is -2.21. The normalized spacial score (nSPS) is 11.4. The average Bonchev–Trinajstić information content (AvgIpc) is 2.63. The lowest BCUT2D eigenvalue weighted by atomic mass is 10.1. The predicted molar refractivity (Wildman–Crippen MR) is 107 cm³/mol. The van der Waals surface area contributed by atoms with Crippen LogP contribution >= 0.6 is 11.8 Å². The number of nitrogens with one attached hydrogen (secondary N) is 2. The molecule has 6 heteroatoms. The number of pyridine rings is 1. The van der Waals surface area contributed by atoms with Crippen LogP contribution in [0.5, 0.6) is 0 Å². The highest BCUT2D eigenvalue weighted by atomic mass is 32.2. The van der Waals surface area contributed by atoms with E-state index in [0.717, 1.165) is 35.9 Å². The predicted octanol–water partition coefficient (Wildman–Crippen LogP) is 2.31. The van der Waals surface area contributed by atoms with Crippen LogP contribution in [0.1, 0.15) is 18.1 Å². The van der Waals surface area contributed by atoms with Gasteiger partial charge in [-0.25, -0.2) is 4.99 Å². The van der Waals surface area contributed by atoms with Gasteiger partial charge in [-0.05, 0) is 30.4 Å². The maximum atomic E-state index is 11.8. The molecule has 0 fully saturated rings. The number of aliphatic imine (C=N–C) groups is 1. The molecule has 1 aromatic heterocycles. The van der Waals surface area contributed by atoms with E-state index in [1.807, 2.05) is 24.0 Å². The first-order valence-corrected chi connectivity index (χ1v) is 9.86. The zero-order valence-electron chi connectivity index (χ0n) is 14.9. The van der Waals surface area contributed by atoms with Crippen molar-refractivity contribution in [3.05, 3.63) is 70.1 Å². The van der Waals surface area contributed by atoms with Crippen molar-refractivity contribution in [1.82, 2.24) is 15.2 Å². The summed E-state index contributed by atoms with van der Waals surface area (Å²) in [6.45, 7) is 5.02. The van der Waals surface area contributed by atoms with Crippen LogP contribution in [0.2, 0.25) is 0 Å². The maximum absolute atomic E-state index is 11.8. The standard InChI is InChI=1S/C19H26N4OS/c1-3-20-19(21-11-13-25-2)22-14-16-7-9-17(10-8-16)15-23-12-5-4-6-18(23)24/h4-10,12H,3,11,13-15H2,1-2H3,(H2,20,21,22). The van der Waals surface area contributed by atoms with Crippen LogP contribution in [-0.4, -0.2) is 35.6 Å². The molecule has 0 bridgehead atoms.